The summed E-state index contributed by atoms with van der Waals surface area (Å²) in [5.41, 5.74) is 2.19. The van der Waals surface area contributed by atoms with Crippen molar-refractivity contribution in [2.24, 2.45) is 5.41 Å². The first-order valence-electron chi connectivity index (χ1n) is 9.00. The number of hydrogen-bond acceptors (Lipinski definition) is 3. The molecular weight excluding hydrogens is 302 g/mol. The van der Waals surface area contributed by atoms with Crippen molar-refractivity contribution in [2.45, 2.75) is 45.7 Å². The summed E-state index contributed by atoms with van der Waals surface area (Å²) < 4.78 is 5.21. The highest BCUT2D eigenvalue weighted by molar-refractivity contribution is 5.89. The lowest BCUT2D eigenvalue weighted by molar-refractivity contribution is -0.0974. The third-order valence-corrected chi connectivity index (χ3v) is 5.09. The molecule has 0 bridgehead atoms. The summed E-state index contributed by atoms with van der Waals surface area (Å²) in [7, 11) is 0. The molecule has 0 aromatic heterocycles. The fraction of sp³-hybridized carbons (Fsp3) is 0.632. The Morgan fingerprint density at radius 1 is 1.38 bits per heavy atom. The van der Waals surface area contributed by atoms with E-state index < -0.39 is 0 Å². The molecule has 0 saturated carbocycles. The predicted octanol–water partition coefficient (Wildman–Crippen LogP) is 3.22. The van der Waals surface area contributed by atoms with E-state index in [2.05, 4.69) is 41.5 Å². The van der Waals surface area contributed by atoms with Crippen LogP contribution in [0.3, 0.4) is 0 Å². The minimum absolute atomic E-state index is 0.0869. The third-order valence-electron chi connectivity index (χ3n) is 5.09. The molecule has 1 aromatic rings. The highest BCUT2D eigenvalue weighted by Crippen LogP contribution is 2.25. The van der Waals surface area contributed by atoms with Gasteiger partial charge in [0.25, 0.3) is 0 Å². The lowest BCUT2D eigenvalue weighted by Gasteiger charge is -2.37. The summed E-state index contributed by atoms with van der Waals surface area (Å²) >= 11 is 0. The van der Waals surface area contributed by atoms with Gasteiger partial charge in [0, 0.05) is 30.2 Å². The first-order valence-corrected chi connectivity index (χ1v) is 9.00. The van der Waals surface area contributed by atoms with Crippen LogP contribution in [0.2, 0.25) is 0 Å². The van der Waals surface area contributed by atoms with Crippen LogP contribution in [0.5, 0.6) is 0 Å². The van der Waals surface area contributed by atoms with E-state index in [-0.39, 0.29) is 11.4 Å². The molecule has 3 rings (SSSR count). The zero-order valence-electron chi connectivity index (χ0n) is 14.8. The average Bonchev–Trinajstić information content (AvgIpc) is 2.54. The molecular formula is C19H29N3O2. The Bertz CT molecular complexity index is 571. The van der Waals surface area contributed by atoms with E-state index in [9.17, 15) is 4.79 Å². The first-order chi connectivity index (χ1) is 11.5. The van der Waals surface area contributed by atoms with Gasteiger partial charge in [0.15, 0.2) is 0 Å². The van der Waals surface area contributed by atoms with Gasteiger partial charge in [-0.1, -0.05) is 25.5 Å². The van der Waals surface area contributed by atoms with E-state index in [1.54, 1.807) is 0 Å². The maximum absolute atomic E-state index is 12.1. The molecule has 2 fully saturated rings. The summed E-state index contributed by atoms with van der Waals surface area (Å²) in [5.74, 6) is 0. The van der Waals surface area contributed by atoms with Crippen LogP contribution in [0.4, 0.5) is 10.5 Å². The Balaban J connectivity index is 1.51. The van der Waals surface area contributed by atoms with Gasteiger partial charge < -0.3 is 15.4 Å². The second-order valence-corrected chi connectivity index (χ2v) is 7.63. The van der Waals surface area contributed by atoms with E-state index in [1.807, 2.05) is 12.1 Å². The van der Waals surface area contributed by atoms with E-state index in [0.717, 1.165) is 25.4 Å². The van der Waals surface area contributed by atoms with Crippen molar-refractivity contribution >= 4 is 11.7 Å². The molecule has 5 nitrogen and oxygen atoms in total. The summed E-state index contributed by atoms with van der Waals surface area (Å²) in [4.78, 5) is 14.6. The second kappa shape index (κ2) is 7.53. The van der Waals surface area contributed by atoms with Crippen LogP contribution in [-0.4, -0.2) is 43.3 Å². The van der Waals surface area contributed by atoms with Crippen LogP contribution >= 0.6 is 0 Å². The van der Waals surface area contributed by atoms with Gasteiger partial charge in [0.2, 0.25) is 0 Å². The number of amides is 2. The standard InChI is InChI=1S/C19H29N3O2/c1-15-6-3-4-9-22(15)11-16-7-5-8-17(10-16)21-18(23)20-12-19(2)13-24-14-19/h5,7-8,10,15H,3-4,6,9,11-14H2,1-2H3,(H2,20,21,23). The molecule has 1 unspecified atom stereocenters. The molecule has 1 aromatic carbocycles. The van der Waals surface area contributed by atoms with Gasteiger partial charge in [0.05, 0.1) is 13.2 Å². The number of carbonyl (C=O) groups excluding carboxylic acids is 1. The lowest BCUT2D eigenvalue weighted by atomic mass is 9.89. The van der Waals surface area contributed by atoms with Gasteiger partial charge in [-0.15, -0.1) is 0 Å². The Morgan fingerprint density at radius 2 is 2.21 bits per heavy atom. The molecule has 2 amide bonds. The van der Waals surface area contributed by atoms with Crippen molar-refractivity contribution in [3.05, 3.63) is 29.8 Å². The van der Waals surface area contributed by atoms with Crippen LogP contribution in [-0.2, 0) is 11.3 Å². The fourth-order valence-electron chi connectivity index (χ4n) is 3.40. The number of ether oxygens (including phenoxy) is 1. The SMILES string of the molecule is CC1CCCCN1Cc1cccc(NC(=O)NCC2(C)COC2)c1. The number of anilines is 1. The van der Waals surface area contributed by atoms with Gasteiger partial charge in [-0.2, -0.15) is 0 Å². The number of piperidine rings is 1. The Kier molecular flexibility index (Phi) is 5.41. The van der Waals surface area contributed by atoms with Crippen LogP contribution < -0.4 is 10.6 Å². The number of nitrogens with one attached hydrogen (secondary N) is 2. The lowest BCUT2D eigenvalue weighted by Crippen LogP contribution is -2.49. The molecule has 0 spiro atoms. The number of nitrogens with zero attached hydrogens (tertiary/aromatic N) is 1. The predicted molar refractivity (Wildman–Crippen MR) is 96.1 cm³/mol. The zero-order chi connectivity index (χ0) is 17.0. The molecule has 5 heteroatoms. The summed E-state index contributed by atoms with van der Waals surface area (Å²) in [6.07, 6.45) is 3.90. The maximum Gasteiger partial charge on any atom is 0.319 e. The topological polar surface area (TPSA) is 53.6 Å². The number of hydrogen-bond donors (Lipinski definition) is 2. The Morgan fingerprint density at radius 3 is 2.92 bits per heavy atom. The summed E-state index contributed by atoms with van der Waals surface area (Å²) in [6, 6.07) is 8.67. The van der Waals surface area contributed by atoms with Gasteiger partial charge in [-0.3, -0.25) is 4.90 Å². The Hall–Kier alpha value is -1.59. The third kappa shape index (κ3) is 4.48. The van der Waals surface area contributed by atoms with Crippen molar-refractivity contribution in [3.63, 3.8) is 0 Å². The summed E-state index contributed by atoms with van der Waals surface area (Å²) in [6.45, 7) is 8.63. The molecule has 2 aliphatic rings. The minimum Gasteiger partial charge on any atom is -0.380 e. The van der Waals surface area contributed by atoms with E-state index >= 15 is 0 Å². The fourth-order valence-corrected chi connectivity index (χ4v) is 3.40. The van der Waals surface area contributed by atoms with E-state index in [4.69, 9.17) is 4.74 Å². The molecule has 1 atom stereocenters. The number of urea groups is 1. The van der Waals surface area contributed by atoms with Crippen molar-refractivity contribution in [1.82, 2.24) is 10.2 Å². The van der Waals surface area contributed by atoms with Gasteiger partial charge in [-0.05, 0) is 44.0 Å². The molecule has 2 N–H and O–H groups in total. The van der Waals surface area contributed by atoms with Gasteiger partial charge in [0.1, 0.15) is 0 Å². The monoisotopic (exact) mass is 331 g/mol. The largest absolute Gasteiger partial charge is 0.380 e. The van der Waals surface area contributed by atoms with Crippen molar-refractivity contribution in [1.29, 1.82) is 0 Å². The molecule has 132 valence electrons. The minimum atomic E-state index is -0.147. The molecule has 0 aliphatic carbocycles. The zero-order valence-corrected chi connectivity index (χ0v) is 14.8. The average molecular weight is 331 g/mol. The molecule has 2 aliphatic heterocycles. The van der Waals surface area contributed by atoms with Crippen LogP contribution in [0.15, 0.2) is 24.3 Å². The maximum atomic E-state index is 12.1. The van der Waals surface area contributed by atoms with Crippen LogP contribution in [0.1, 0.15) is 38.7 Å². The number of rotatable bonds is 5. The molecule has 24 heavy (non-hydrogen) atoms. The van der Waals surface area contributed by atoms with E-state index in [1.165, 1.54) is 31.4 Å². The van der Waals surface area contributed by atoms with Crippen LogP contribution in [0, 0.1) is 5.41 Å². The van der Waals surface area contributed by atoms with Gasteiger partial charge >= 0.3 is 6.03 Å². The number of likely N-dealkylation sites (tertiary alicyclic amines) is 1. The highest BCUT2D eigenvalue weighted by atomic mass is 16.5. The summed E-state index contributed by atoms with van der Waals surface area (Å²) in [5, 5.41) is 5.88. The van der Waals surface area contributed by atoms with Crippen molar-refractivity contribution in [3.8, 4) is 0 Å². The molecule has 2 heterocycles. The molecule has 0 radical (unpaired) electrons. The smallest absolute Gasteiger partial charge is 0.319 e. The van der Waals surface area contributed by atoms with Gasteiger partial charge in [-0.25, -0.2) is 4.79 Å². The van der Waals surface area contributed by atoms with E-state index in [0.29, 0.717) is 12.6 Å². The second-order valence-electron chi connectivity index (χ2n) is 7.63. The molecule has 2 saturated heterocycles. The highest BCUT2D eigenvalue weighted by Gasteiger charge is 2.33. The normalized spacial score (nSPS) is 23.3. The Labute approximate surface area is 144 Å². The van der Waals surface area contributed by atoms with Crippen LogP contribution in [0.25, 0.3) is 0 Å². The quantitative estimate of drug-likeness (QED) is 0.871. The number of carbonyl (C=O) groups is 1. The number of benzene rings is 1. The first kappa shape index (κ1) is 17.2. The van der Waals surface area contributed by atoms with Crippen molar-refractivity contribution in [2.75, 3.05) is 31.6 Å². The van der Waals surface area contributed by atoms with Crippen molar-refractivity contribution < 1.29 is 9.53 Å².